The number of methoxy groups -OCH3 is 1. The molecule has 5 nitrogen and oxygen atoms in total. The van der Waals surface area contributed by atoms with Crippen LogP contribution in [0, 0.1) is 0 Å². The summed E-state index contributed by atoms with van der Waals surface area (Å²) in [6.07, 6.45) is 0. The molecule has 0 aromatic heterocycles. The average Bonchev–Trinajstić information content (AvgIpc) is 2.17. The number of nitrogens with one attached hydrogen (secondary N) is 1. The maximum atomic E-state index is 11.0. The van der Waals surface area contributed by atoms with Crippen LogP contribution in [0.25, 0.3) is 0 Å². The number of hydrogen-bond donors (Lipinski definition) is 2. The van der Waals surface area contributed by atoms with Gasteiger partial charge in [-0.15, -0.1) is 0 Å². The minimum absolute atomic E-state index is 0.0582. The largest absolute Gasteiger partial charge is 0.468 e. The van der Waals surface area contributed by atoms with Gasteiger partial charge in [0.05, 0.1) is 20.3 Å². The maximum absolute atomic E-state index is 11.0. The minimum Gasteiger partial charge on any atom is -0.468 e. The number of esters is 1. The van der Waals surface area contributed by atoms with Crippen molar-refractivity contribution in [1.29, 1.82) is 0 Å². The second kappa shape index (κ2) is 4.39. The van der Waals surface area contributed by atoms with Gasteiger partial charge >= 0.3 is 5.97 Å². The van der Waals surface area contributed by atoms with E-state index in [-0.39, 0.29) is 18.1 Å². The van der Waals surface area contributed by atoms with E-state index < -0.39 is 0 Å². The van der Waals surface area contributed by atoms with Gasteiger partial charge in [-0.25, -0.2) is 0 Å². The fourth-order valence-corrected chi connectivity index (χ4v) is 1.12. The number of rotatable bonds is 2. The van der Waals surface area contributed by atoms with Gasteiger partial charge in [0.2, 0.25) is 0 Å². The van der Waals surface area contributed by atoms with Crippen molar-refractivity contribution in [3.8, 4) is 0 Å². The molecule has 5 heteroatoms. The number of ether oxygens (including phenoxy) is 2. The number of morpholine rings is 1. The first kappa shape index (κ1) is 9.44. The van der Waals surface area contributed by atoms with Gasteiger partial charge in [-0.2, -0.15) is 0 Å². The highest BCUT2D eigenvalue weighted by atomic mass is 16.5. The molecule has 0 radical (unpaired) electrons. The molecule has 0 bridgehead atoms. The summed E-state index contributed by atoms with van der Waals surface area (Å²) in [5, 5.41) is 3.03. The van der Waals surface area contributed by atoms with Crippen LogP contribution < -0.4 is 11.1 Å². The van der Waals surface area contributed by atoms with Crippen LogP contribution in [0.15, 0.2) is 0 Å². The zero-order valence-corrected chi connectivity index (χ0v) is 7.08. The van der Waals surface area contributed by atoms with E-state index >= 15 is 0 Å². The first-order chi connectivity index (χ1) is 5.77. The lowest BCUT2D eigenvalue weighted by atomic mass is 10.2. The van der Waals surface area contributed by atoms with Crippen molar-refractivity contribution in [3.63, 3.8) is 0 Å². The molecule has 0 aliphatic carbocycles. The van der Waals surface area contributed by atoms with Crippen LogP contribution >= 0.6 is 0 Å². The molecule has 3 N–H and O–H groups in total. The monoisotopic (exact) mass is 174 g/mol. The summed E-state index contributed by atoms with van der Waals surface area (Å²) < 4.78 is 9.73. The van der Waals surface area contributed by atoms with Gasteiger partial charge in [-0.1, -0.05) is 0 Å². The minimum atomic E-state index is -0.364. The van der Waals surface area contributed by atoms with Gasteiger partial charge in [0.15, 0.2) is 0 Å². The van der Waals surface area contributed by atoms with Crippen LogP contribution in [0.2, 0.25) is 0 Å². The molecule has 1 aliphatic heterocycles. The number of carbonyl (C=O) groups is 1. The van der Waals surface area contributed by atoms with Crippen molar-refractivity contribution in [3.05, 3.63) is 0 Å². The Morgan fingerprint density at radius 1 is 1.75 bits per heavy atom. The molecule has 1 heterocycles. The van der Waals surface area contributed by atoms with E-state index in [2.05, 4.69) is 10.1 Å². The zero-order valence-electron chi connectivity index (χ0n) is 7.08. The molecule has 0 saturated carbocycles. The van der Waals surface area contributed by atoms with E-state index in [0.717, 1.165) is 0 Å². The Labute approximate surface area is 71.2 Å². The van der Waals surface area contributed by atoms with E-state index in [0.29, 0.717) is 19.8 Å². The summed E-state index contributed by atoms with van der Waals surface area (Å²) in [4.78, 5) is 11.0. The van der Waals surface area contributed by atoms with Gasteiger partial charge in [0.1, 0.15) is 6.04 Å². The third-order valence-electron chi connectivity index (χ3n) is 1.81. The van der Waals surface area contributed by atoms with E-state index in [9.17, 15) is 4.79 Å². The molecule has 1 aliphatic rings. The lowest BCUT2D eigenvalue weighted by molar-refractivity contribution is -0.147. The normalized spacial score (nSPS) is 29.8. The van der Waals surface area contributed by atoms with Crippen molar-refractivity contribution >= 4 is 5.97 Å². The Kier molecular flexibility index (Phi) is 3.46. The predicted molar refractivity (Wildman–Crippen MR) is 42.6 cm³/mol. The lowest BCUT2D eigenvalue weighted by Crippen LogP contribution is -2.55. The van der Waals surface area contributed by atoms with Gasteiger partial charge in [0, 0.05) is 12.6 Å². The first-order valence-electron chi connectivity index (χ1n) is 3.89. The second-order valence-corrected chi connectivity index (χ2v) is 2.71. The molecule has 1 fully saturated rings. The molecule has 12 heavy (non-hydrogen) atoms. The third-order valence-corrected chi connectivity index (χ3v) is 1.81. The SMILES string of the molecule is COC(=O)C1COCC(CN)N1. The predicted octanol–water partition coefficient (Wildman–Crippen LogP) is -1.52. The van der Waals surface area contributed by atoms with E-state index in [1.54, 1.807) is 0 Å². The molecule has 2 atom stereocenters. The van der Waals surface area contributed by atoms with Gasteiger partial charge in [0.25, 0.3) is 0 Å². The molecular formula is C7H14N2O3. The Morgan fingerprint density at radius 3 is 3.08 bits per heavy atom. The third kappa shape index (κ3) is 2.17. The molecule has 0 amide bonds. The number of carbonyl (C=O) groups excluding carboxylic acids is 1. The molecule has 0 spiro atoms. The van der Waals surface area contributed by atoms with Crippen LogP contribution in [-0.4, -0.2) is 44.9 Å². The first-order valence-corrected chi connectivity index (χ1v) is 3.89. The van der Waals surface area contributed by atoms with Crippen molar-refractivity contribution in [2.75, 3.05) is 26.9 Å². The summed E-state index contributed by atoms with van der Waals surface area (Å²) in [5.74, 6) is -0.298. The fourth-order valence-electron chi connectivity index (χ4n) is 1.12. The van der Waals surface area contributed by atoms with Crippen LogP contribution in [0.4, 0.5) is 0 Å². The second-order valence-electron chi connectivity index (χ2n) is 2.71. The molecule has 0 aromatic carbocycles. The van der Waals surface area contributed by atoms with Crippen molar-refractivity contribution in [1.82, 2.24) is 5.32 Å². The Balaban J connectivity index is 2.40. The summed E-state index contributed by atoms with van der Waals surface area (Å²) in [5.41, 5.74) is 5.41. The molecular weight excluding hydrogens is 160 g/mol. The molecule has 2 unspecified atom stereocenters. The van der Waals surface area contributed by atoms with E-state index in [1.165, 1.54) is 7.11 Å². The number of hydrogen-bond acceptors (Lipinski definition) is 5. The topological polar surface area (TPSA) is 73.6 Å². The van der Waals surface area contributed by atoms with Crippen LogP contribution in [0.5, 0.6) is 0 Å². The van der Waals surface area contributed by atoms with E-state index in [1.807, 2.05) is 0 Å². The van der Waals surface area contributed by atoms with Crippen molar-refractivity contribution < 1.29 is 14.3 Å². The van der Waals surface area contributed by atoms with Crippen molar-refractivity contribution in [2.24, 2.45) is 5.73 Å². The highest BCUT2D eigenvalue weighted by Gasteiger charge is 2.26. The smallest absolute Gasteiger partial charge is 0.325 e. The molecule has 0 aromatic rings. The highest BCUT2D eigenvalue weighted by Crippen LogP contribution is 1.99. The Bertz CT molecular complexity index is 163. The molecule has 1 rings (SSSR count). The summed E-state index contributed by atoms with van der Waals surface area (Å²) in [7, 11) is 1.36. The zero-order chi connectivity index (χ0) is 8.97. The Hall–Kier alpha value is -0.650. The summed E-state index contributed by atoms with van der Waals surface area (Å²) >= 11 is 0. The van der Waals surface area contributed by atoms with Gasteiger partial charge in [-0.05, 0) is 0 Å². The molecule has 70 valence electrons. The average molecular weight is 174 g/mol. The summed E-state index contributed by atoms with van der Waals surface area (Å²) in [6.45, 7) is 1.39. The molecule has 1 saturated heterocycles. The summed E-state index contributed by atoms with van der Waals surface area (Å²) in [6, 6.07) is -0.305. The van der Waals surface area contributed by atoms with Crippen LogP contribution in [0.3, 0.4) is 0 Å². The lowest BCUT2D eigenvalue weighted by Gasteiger charge is -2.28. The van der Waals surface area contributed by atoms with E-state index in [4.69, 9.17) is 10.5 Å². The van der Waals surface area contributed by atoms with Crippen LogP contribution in [0.1, 0.15) is 0 Å². The highest BCUT2D eigenvalue weighted by molar-refractivity contribution is 5.75. The maximum Gasteiger partial charge on any atom is 0.325 e. The fraction of sp³-hybridized carbons (Fsp3) is 0.857. The van der Waals surface area contributed by atoms with Gasteiger partial charge in [-0.3, -0.25) is 10.1 Å². The van der Waals surface area contributed by atoms with Gasteiger partial charge < -0.3 is 15.2 Å². The number of nitrogens with two attached hydrogens (primary N) is 1. The van der Waals surface area contributed by atoms with Crippen molar-refractivity contribution in [2.45, 2.75) is 12.1 Å². The van der Waals surface area contributed by atoms with Crippen LogP contribution in [-0.2, 0) is 14.3 Å². The standard InChI is InChI=1S/C7H14N2O3/c1-11-7(10)6-4-12-3-5(2-8)9-6/h5-6,9H,2-4,8H2,1H3. The Morgan fingerprint density at radius 2 is 2.50 bits per heavy atom. The quantitative estimate of drug-likeness (QED) is 0.497.